The standard InChI is InChI=1S/C21H15FN2.C20H12F2N2.3C20H13FN2/c1-14-13-15(8-9-19(14)22)21-18(6-4-11-24-21)16-10-12-23-20-7-3-2-5-17(16)20;21-17-8-7-13(12-18(17)22)20-16(5-3-10-24-20)14-9-11-23-19-6-2-1-4-15(14)19;21-18-9-3-1-7-17(18)20-16(8-5-12-23-20)14-11-13-22-19-10-4-2-6-15(14)19;21-15-6-3-5-14(13-15)20-18(8-4-11-23-20)16-10-12-22-19-9-2-1-7-17(16)19;21-15-9-7-14(8-10-15)20-18(5-3-12-23-20)16-11-13-22-19-6-2-1-4-17(16)19/h2-13H,1H3;1-12H;3*1-13H. The fourth-order valence-corrected chi connectivity index (χ4v) is 14.2. The molecule has 0 spiro atoms. The molecule has 16 heteroatoms. The Labute approximate surface area is 669 Å². The third-order valence-electron chi connectivity index (χ3n) is 19.7. The van der Waals surface area contributed by atoms with E-state index < -0.39 is 11.6 Å². The Kier molecular flexibility index (Phi) is 22.7. The lowest BCUT2D eigenvalue weighted by atomic mass is 9.96. The first-order valence-corrected chi connectivity index (χ1v) is 37.4. The van der Waals surface area contributed by atoms with Crippen molar-refractivity contribution in [3.05, 3.63) is 424 Å². The van der Waals surface area contributed by atoms with Crippen molar-refractivity contribution in [2.45, 2.75) is 6.92 Å². The van der Waals surface area contributed by atoms with Crippen LogP contribution >= 0.6 is 0 Å². The van der Waals surface area contributed by atoms with Crippen molar-refractivity contribution in [2.75, 3.05) is 0 Å². The number of rotatable bonds is 10. The van der Waals surface area contributed by atoms with E-state index in [1.54, 1.807) is 99.1 Å². The van der Waals surface area contributed by atoms with Gasteiger partial charge < -0.3 is 0 Å². The summed E-state index contributed by atoms with van der Waals surface area (Å²) in [5.41, 5.74) is 22.4. The molecule has 562 valence electrons. The summed E-state index contributed by atoms with van der Waals surface area (Å²) >= 11 is 0. The van der Waals surface area contributed by atoms with Crippen LogP contribution in [-0.2, 0) is 0 Å². The van der Waals surface area contributed by atoms with E-state index in [9.17, 15) is 26.3 Å². The fourth-order valence-electron chi connectivity index (χ4n) is 14.2. The van der Waals surface area contributed by atoms with Crippen LogP contribution in [0.1, 0.15) is 5.56 Å². The molecule has 10 aromatic carbocycles. The van der Waals surface area contributed by atoms with Crippen LogP contribution < -0.4 is 0 Å². The zero-order valence-electron chi connectivity index (χ0n) is 62.6. The largest absolute Gasteiger partial charge is 0.256 e. The summed E-state index contributed by atoms with van der Waals surface area (Å²) in [7, 11) is 0. The quantitative estimate of drug-likeness (QED) is 0.122. The van der Waals surface area contributed by atoms with E-state index in [-0.39, 0.29) is 23.3 Å². The minimum atomic E-state index is -0.885. The number of pyridine rings is 10. The smallest absolute Gasteiger partial charge is 0.159 e. The highest BCUT2D eigenvalue weighted by Gasteiger charge is 2.20. The molecule has 10 heterocycles. The molecule has 10 nitrogen and oxygen atoms in total. The summed E-state index contributed by atoms with van der Waals surface area (Å²) in [5.74, 6) is -2.75. The maximum Gasteiger partial charge on any atom is 0.159 e. The molecule has 0 amide bonds. The molecule has 0 fully saturated rings. The number of para-hydroxylation sites is 5. The first-order chi connectivity index (χ1) is 57.5. The van der Waals surface area contributed by atoms with E-state index in [2.05, 4.69) is 62.0 Å². The van der Waals surface area contributed by atoms with E-state index in [0.29, 0.717) is 28.1 Å². The number of nitrogens with zero attached hydrogens (tertiary/aromatic N) is 10. The fraction of sp³-hybridized carbons (Fsp3) is 0.00990. The van der Waals surface area contributed by atoms with Crippen LogP contribution in [-0.4, -0.2) is 49.8 Å². The summed E-state index contributed by atoms with van der Waals surface area (Å²) in [6.07, 6.45) is 17.5. The van der Waals surface area contributed by atoms with Gasteiger partial charge in [-0.1, -0.05) is 146 Å². The van der Waals surface area contributed by atoms with Crippen LogP contribution in [0.4, 0.5) is 26.3 Å². The van der Waals surface area contributed by atoms with Crippen molar-refractivity contribution in [3.63, 3.8) is 0 Å². The van der Waals surface area contributed by atoms with E-state index in [1.807, 2.05) is 225 Å². The Morgan fingerprint density at radius 3 is 0.846 bits per heavy atom. The van der Waals surface area contributed by atoms with Gasteiger partial charge in [0.15, 0.2) is 11.6 Å². The van der Waals surface area contributed by atoms with E-state index in [0.717, 1.165) is 150 Å². The summed E-state index contributed by atoms with van der Waals surface area (Å²) in [6, 6.07) is 97.6. The Bertz CT molecular complexity index is 6790. The van der Waals surface area contributed by atoms with Gasteiger partial charge in [-0.15, -0.1) is 0 Å². The molecule has 0 bridgehead atoms. The van der Waals surface area contributed by atoms with Gasteiger partial charge in [0.05, 0.1) is 56.1 Å². The highest BCUT2D eigenvalue weighted by Crippen LogP contribution is 2.41. The van der Waals surface area contributed by atoms with Gasteiger partial charge in [0.2, 0.25) is 0 Å². The van der Waals surface area contributed by atoms with Gasteiger partial charge >= 0.3 is 0 Å². The zero-order valence-corrected chi connectivity index (χ0v) is 62.6. The highest BCUT2D eigenvalue weighted by atomic mass is 19.2. The summed E-state index contributed by atoms with van der Waals surface area (Å²) in [5, 5.41) is 5.22. The van der Waals surface area contributed by atoms with Gasteiger partial charge in [0.1, 0.15) is 23.3 Å². The monoisotopic (exact) mass is 1530 g/mol. The third-order valence-corrected chi connectivity index (χ3v) is 19.7. The van der Waals surface area contributed by atoms with Gasteiger partial charge in [0, 0.05) is 145 Å². The molecule has 0 N–H and O–H groups in total. The maximum atomic E-state index is 14.2. The van der Waals surface area contributed by atoms with E-state index in [4.69, 9.17) is 0 Å². The average molecular weight is 1530 g/mol. The highest BCUT2D eigenvalue weighted by molar-refractivity contribution is 6.02. The normalized spacial score (nSPS) is 10.9. The van der Waals surface area contributed by atoms with E-state index >= 15 is 0 Å². The number of aromatic nitrogens is 10. The molecule has 20 aromatic rings. The third kappa shape index (κ3) is 16.7. The lowest BCUT2D eigenvalue weighted by Crippen LogP contribution is -1.93. The van der Waals surface area contributed by atoms with Crippen molar-refractivity contribution >= 4 is 54.5 Å². The van der Waals surface area contributed by atoms with Gasteiger partial charge in [-0.25, -0.2) is 26.3 Å². The van der Waals surface area contributed by atoms with Crippen LogP contribution in [0.2, 0.25) is 0 Å². The Morgan fingerprint density at radius 2 is 0.479 bits per heavy atom. The number of aryl methyl sites for hydroxylation is 1. The molecule has 0 aliphatic heterocycles. The minimum Gasteiger partial charge on any atom is -0.256 e. The van der Waals surface area contributed by atoms with Crippen molar-refractivity contribution < 1.29 is 26.3 Å². The zero-order chi connectivity index (χ0) is 80.0. The van der Waals surface area contributed by atoms with Crippen molar-refractivity contribution in [2.24, 2.45) is 0 Å². The second-order valence-corrected chi connectivity index (χ2v) is 27.0. The molecular formula is C101H66F6N10. The van der Waals surface area contributed by atoms with Crippen LogP contribution in [0.3, 0.4) is 0 Å². The second-order valence-electron chi connectivity index (χ2n) is 27.0. The second kappa shape index (κ2) is 35.1. The first kappa shape index (κ1) is 75.6. The first-order valence-electron chi connectivity index (χ1n) is 37.4. The lowest BCUT2D eigenvalue weighted by Gasteiger charge is -2.12. The number of hydrogen-bond acceptors (Lipinski definition) is 10. The molecule has 0 unspecified atom stereocenters. The van der Waals surface area contributed by atoms with Crippen molar-refractivity contribution in [1.82, 2.24) is 49.8 Å². The Hall–Kier alpha value is -15.4. The summed E-state index contributed by atoms with van der Waals surface area (Å²) in [4.78, 5) is 44.4. The lowest BCUT2D eigenvalue weighted by molar-refractivity contribution is 0.509. The predicted octanol–water partition coefficient (Wildman–Crippen LogP) is 26.0. The van der Waals surface area contributed by atoms with Crippen molar-refractivity contribution in [1.29, 1.82) is 0 Å². The minimum absolute atomic E-state index is 0.203. The van der Waals surface area contributed by atoms with Crippen LogP contribution in [0.15, 0.2) is 383 Å². The van der Waals surface area contributed by atoms with Gasteiger partial charge in [-0.3, -0.25) is 49.8 Å². The summed E-state index contributed by atoms with van der Waals surface area (Å²) in [6.45, 7) is 1.77. The molecule has 0 radical (unpaired) electrons. The van der Waals surface area contributed by atoms with Gasteiger partial charge in [-0.2, -0.15) is 0 Å². The molecule has 10 aromatic heterocycles. The number of benzene rings is 10. The molecule has 0 aliphatic carbocycles. The van der Waals surface area contributed by atoms with Crippen LogP contribution in [0.5, 0.6) is 0 Å². The molecule has 0 saturated carbocycles. The molecule has 0 aliphatic rings. The molecule has 0 atom stereocenters. The molecular weight excluding hydrogens is 1470 g/mol. The Morgan fingerprint density at radius 1 is 0.171 bits per heavy atom. The van der Waals surface area contributed by atoms with Gasteiger partial charge in [-0.05, 0) is 216 Å². The van der Waals surface area contributed by atoms with E-state index in [1.165, 1.54) is 48.5 Å². The van der Waals surface area contributed by atoms with Crippen LogP contribution in [0.25, 0.3) is 166 Å². The molecule has 0 saturated heterocycles. The van der Waals surface area contributed by atoms with Crippen molar-refractivity contribution in [3.8, 4) is 112 Å². The Balaban J connectivity index is 0.000000110. The predicted molar refractivity (Wildman–Crippen MR) is 457 cm³/mol. The summed E-state index contributed by atoms with van der Waals surface area (Å²) < 4.78 is 81.5. The molecule has 20 rings (SSSR count). The average Bonchev–Trinajstić information content (AvgIpc) is 0.746. The topological polar surface area (TPSA) is 129 Å². The van der Waals surface area contributed by atoms with Gasteiger partial charge in [0.25, 0.3) is 0 Å². The maximum absolute atomic E-state index is 14.2. The molecule has 117 heavy (non-hydrogen) atoms. The van der Waals surface area contributed by atoms with Crippen LogP contribution in [0, 0.1) is 41.8 Å². The number of hydrogen-bond donors (Lipinski definition) is 0. The number of fused-ring (bicyclic) bond motifs is 5. The number of halogens is 6. The SMILES string of the molecule is Cc1cc(-c2ncccc2-c2ccnc3ccccc23)ccc1F.Fc1ccc(-c2ncccc2-c2ccnc3ccccc23)cc1.Fc1ccc(-c2ncccc2-c2ccnc3ccccc23)cc1F.Fc1cccc(-c2ncccc2-c2ccnc3ccccc23)c1.Fc1ccccc1-c1ncccc1-c1ccnc2ccccc12.